The number of rotatable bonds is 3. The molecule has 138 valence electrons. The van der Waals surface area contributed by atoms with Crippen molar-refractivity contribution in [2.75, 3.05) is 19.7 Å². The predicted molar refractivity (Wildman–Crippen MR) is 106 cm³/mol. The molecule has 2 N–H and O–H groups in total. The maximum atomic E-state index is 12.3. The summed E-state index contributed by atoms with van der Waals surface area (Å²) in [6, 6.07) is 10.2. The van der Waals surface area contributed by atoms with E-state index >= 15 is 0 Å². The lowest BCUT2D eigenvalue weighted by molar-refractivity contribution is 0.233. The number of hydrogen-bond donors (Lipinski definition) is 2. The highest BCUT2D eigenvalue weighted by Gasteiger charge is 2.27. The summed E-state index contributed by atoms with van der Waals surface area (Å²) in [5.74, 6) is 0.186. The first-order chi connectivity index (χ1) is 12.4. The Morgan fingerprint density at radius 2 is 2.15 bits per heavy atom. The van der Waals surface area contributed by atoms with Crippen molar-refractivity contribution in [3.8, 4) is 6.07 Å². The van der Waals surface area contributed by atoms with Crippen LogP contribution in [0.2, 0.25) is 10.0 Å². The van der Waals surface area contributed by atoms with Gasteiger partial charge in [0.05, 0.1) is 26.6 Å². The standard InChI is InChI=1S/C12H13ClN2O2S.C5H4ClNS/c13-11-5-9(6-14)1-2-12(11)18(17)15-4-3-10(7-15)8-16;6-4-1-2-5(8)7-3-4/h1-2,5,10,16H,3-4,7-8H2;1-3H,(H,7,8). The number of benzene rings is 1. The molecule has 0 bridgehead atoms. The van der Waals surface area contributed by atoms with Gasteiger partial charge in [0.25, 0.3) is 0 Å². The van der Waals surface area contributed by atoms with E-state index < -0.39 is 11.0 Å². The van der Waals surface area contributed by atoms with Gasteiger partial charge < -0.3 is 10.1 Å². The third kappa shape index (κ3) is 5.88. The Bertz CT molecular complexity index is 863. The fourth-order valence-electron chi connectivity index (χ4n) is 2.34. The lowest BCUT2D eigenvalue weighted by atomic mass is 10.1. The van der Waals surface area contributed by atoms with Gasteiger partial charge >= 0.3 is 0 Å². The van der Waals surface area contributed by atoms with E-state index in [-0.39, 0.29) is 12.5 Å². The molecule has 0 aliphatic carbocycles. The van der Waals surface area contributed by atoms with Crippen LogP contribution in [0, 0.1) is 21.9 Å². The van der Waals surface area contributed by atoms with Crippen LogP contribution < -0.4 is 0 Å². The third-order valence-corrected chi connectivity index (χ3v) is 6.18. The molecule has 3 rings (SSSR count). The maximum absolute atomic E-state index is 12.3. The number of aromatic nitrogens is 1. The lowest BCUT2D eigenvalue weighted by Crippen LogP contribution is -2.24. The van der Waals surface area contributed by atoms with Gasteiger partial charge in [-0.2, -0.15) is 5.26 Å². The Morgan fingerprint density at radius 1 is 1.38 bits per heavy atom. The molecule has 1 aliphatic rings. The second-order valence-corrected chi connectivity index (χ2v) is 8.34. The summed E-state index contributed by atoms with van der Waals surface area (Å²) in [6.45, 7) is 1.42. The van der Waals surface area contributed by atoms with E-state index in [0.717, 1.165) is 6.42 Å². The molecule has 0 radical (unpaired) electrons. The smallest absolute Gasteiger partial charge is 0.129 e. The molecular formula is C17H17Cl2N3O2S2. The molecule has 2 unspecified atom stereocenters. The SMILES string of the molecule is N#Cc1ccc(S(=O)N2CCC(CO)C2)c(Cl)c1.S=c1ccc(Cl)c[nH]1. The maximum Gasteiger partial charge on any atom is 0.129 e. The Labute approximate surface area is 169 Å². The van der Waals surface area contributed by atoms with Crippen molar-refractivity contribution >= 4 is 46.4 Å². The fourth-order valence-corrected chi connectivity index (χ4v) is 4.27. The molecule has 2 heterocycles. The highest BCUT2D eigenvalue weighted by atomic mass is 35.5. The number of nitriles is 1. The second-order valence-electron chi connectivity index (χ2n) is 5.60. The molecule has 2 aromatic rings. The average molecular weight is 430 g/mol. The summed E-state index contributed by atoms with van der Waals surface area (Å²) in [6.07, 6.45) is 2.50. The largest absolute Gasteiger partial charge is 0.396 e. The molecule has 1 fully saturated rings. The Morgan fingerprint density at radius 3 is 2.65 bits per heavy atom. The molecule has 0 spiro atoms. The van der Waals surface area contributed by atoms with Crippen LogP contribution in [0.15, 0.2) is 41.4 Å². The van der Waals surface area contributed by atoms with Crippen LogP contribution in [0.25, 0.3) is 0 Å². The molecule has 0 saturated carbocycles. The van der Waals surface area contributed by atoms with Gasteiger partial charge in [-0.3, -0.25) is 0 Å². The quantitative estimate of drug-likeness (QED) is 0.723. The van der Waals surface area contributed by atoms with Crippen molar-refractivity contribution in [3.05, 3.63) is 56.8 Å². The van der Waals surface area contributed by atoms with Crippen molar-refractivity contribution in [1.29, 1.82) is 5.26 Å². The predicted octanol–water partition coefficient (Wildman–Crippen LogP) is 3.95. The molecule has 26 heavy (non-hydrogen) atoms. The van der Waals surface area contributed by atoms with E-state index in [0.29, 0.717) is 38.2 Å². The van der Waals surface area contributed by atoms with E-state index in [1.165, 1.54) is 6.07 Å². The van der Waals surface area contributed by atoms with E-state index in [4.69, 9.17) is 45.8 Å². The van der Waals surface area contributed by atoms with Crippen LogP contribution >= 0.6 is 35.4 Å². The number of aromatic amines is 1. The van der Waals surface area contributed by atoms with E-state index in [1.807, 2.05) is 6.07 Å². The van der Waals surface area contributed by atoms with E-state index in [2.05, 4.69) is 4.98 Å². The molecule has 2 atom stereocenters. The van der Waals surface area contributed by atoms with Crippen LogP contribution in [0.4, 0.5) is 0 Å². The van der Waals surface area contributed by atoms with Gasteiger partial charge in [0.1, 0.15) is 15.6 Å². The Hall–Kier alpha value is -1.27. The summed E-state index contributed by atoms with van der Waals surface area (Å²) in [5, 5.41) is 18.8. The van der Waals surface area contributed by atoms with Gasteiger partial charge in [-0.25, -0.2) is 8.51 Å². The summed E-state index contributed by atoms with van der Waals surface area (Å²) in [7, 11) is -1.32. The van der Waals surface area contributed by atoms with Gasteiger partial charge in [0.2, 0.25) is 0 Å². The van der Waals surface area contributed by atoms with Gasteiger partial charge in [-0.15, -0.1) is 0 Å². The molecule has 5 nitrogen and oxygen atoms in total. The number of halogens is 2. The highest BCUT2D eigenvalue weighted by Crippen LogP contribution is 2.26. The summed E-state index contributed by atoms with van der Waals surface area (Å²) >= 11 is 16.3. The number of nitrogens with one attached hydrogen (secondary N) is 1. The highest BCUT2D eigenvalue weighted by molar-refractivity contribution is 7.82. The lowest BCUT2D eigenvalue weighted by Gasteiger charge is -2.15. The molecule has 1 saturated heterocycles. The van der Waals surface area contributed by atoms with Crippen LogP contribution in [0.3, 0.4) is 0 Å². The number of aliphatic hydroxyl groups is 1. The summed E-state index contributed by atoms with van der Waals surface area (Å²) in [5.41, 5.74) is 0.454. The van der Waals surface area contributed by atoms with Crippen LogP contribution in [0.5, 0.6) is 0 Å². The van der Waals surface area contributed by atoms with Crippen molar-refractivity contribution in [1.82, 2.24) is 9.29 Å². The zero-order valence-corrected chi connectivity index (χ0v) is 16.8. The first-order valence-electron chi connectivity index (χ1n) is 7.76. The van der Waals surface area contributed by atoms with Crippen molar-refractivity contribution in [2.24, 2.45) is 5.92 Å². The van der Waals surface area contributed by atoms with Crippen LogP contribution in [-0.2, 0) is 11.0 Å². The first-order valence-corrected chi connectivity index (χ1v) is 10.0. The van der Waals surface area contributed by atoms with Crippen LogP contribution in [-0.4, -0.2) is 38.3 Å². The fraction of sp³-hybridized carbons (Fsp3) is 0.294. The molecule has 1 aromatic heterocycles. The van der Waals surface area contributed by atoms with Gasteiger partial charge in [-0.05, 0) is 42.7 Å². The van der Waals surface area contributed by atoms with Crippen molar-refractivity contribution in [3.63, 3.8) is 0 Å². The zero-order valence-electron chi connectivity index (χ0n) is 13.7. The number of H-pyrrole nitrogens is 1. The minimum atomic E-state index is -1.32. The normalized spacial score (nSPS) is 17.8. The van der Waals surface area contributed by atoms with Gasteiger partial charge in [0.15, 0.2) is 0 Å². The molecule has 1 aromatic carbocycles. The Balaban J connectivity index is 0.000000254. The number of aliphatic hydroxyl groups excluding tert-OH is 1. The minimum Gasteiger partial charge on any atom is -0.396 e. The molecule has 9 heteroatoms. The summed E-state index contributed by atoms with van der Waals surface area (Å²) in [4.78, 5) is 3.30. The van der Waals surface area contributed by atoms with Crippen molar-refractivity contribution < 1.29 is 9.32 Å². The van der Waals surface area contributed by atoms with E-state index in [9.17, 15) is 4.21 Å². The second kappa shape index (κ2) is 10.2. The molecule has 0 amide bonds. The molecular weight excluding hydrogens is 413 g/mol. The summed E-state index contributed by atoms with van der Waals surface area (Å²) < 4.78 is 14.8. The number of hydrogen-bond acceptors (Lipinski definition) is 4. The third-order valence-electron chi connectivity index (χ3n) is 3.74. The van der Waals surface area contributed by atoms with Gasteiger partial charge in [-0.1, -0.05) is 35.4 Å². The monoisotopic (exact) mass is 429 g/mol. The van der Waals surface area contributed by atoms with E-state index in [1.54, 1.807) is 34.8 Å². The van der Waals surface area contributed by atoms with Crippen molar-refractivity contribution in [2.45, 2.75) is 11.3 Å². The minimum absolute atomic E-state index is 0.120. The van der Waals surface area contributed by atoms with Gasteiger partial charge in [0, 0.05) is 25.9 Å². The topological polar surface area (TPSA) is 80.1 Å². The van der Waals surface area contributed by atoms with Crippen LogP contribution in [0.1, 0.15) is 12.0 Å². The Kier molecular flexibility index (Phi) is 8.22. The first kappa shape index (κ1) is 21.0. The number of nitrogens with zero attached hydrogens (tertiary/aromatic N) is 2. The molecule has 1 aliphatic heterocycles. The average Bonchev–Trinajstić information content (AvgIpc) is 3.13. The number of pyridine rings is 1. The zero-order chi connectivity index (χ0) is 19.1.